The Balaban J connectivity index is 1.91. The minimum Gasteiger partial charge on any atom is -0.452 e. The molecule has 0 radical (unpaired) electrons. The predicted octanol–water partition coefficient (Wildman–Crippen LogP) is 2.70. The number of hydrogen-bond acceptors (Lipinski definition) is 4. The summed E-state index contributed by atoms with van der Waals surface area (Å²) in [6.45, 7) is 3.91. The third-order valence-corrected chi connectivity index (χ3v) is 4.43. The molecule has 2 atom stereocenters. The molecule has 0 saturated carbocycles. The smallest absolute Gasteiger partial charge is 0.338 e. The molecule has 1 fully saturated rings. The van der Waals surface area contributed by atoms with Crippen molar-refractivity contribution >= 4 is 17.6 Å². The van der Waals surface area contributed by atoms with Crippen LogP contribution in [0, 0.1) is 0 Å². The lowest BCUT2D eigenvalue weighted by atomic mass is 9.97. The normalized spacial score (nSPS) is 21.0. The Morgan fingerprint density at radius 2 is 1.70 bits per heavy atom. The Hall–Kier alpha value is -2.04. The molecule has 1 aromatic carbocycles. The fourth-order valence-electron chi connectivity index (χ4n) is 3.09. The van der Waals surface area contributed by atoms with Crippen molar-refractivity contribution in [1.82, 2.24) is 4.90 Å². The minimum atomic E-state index is -0.457. The van der Waals surface area contributed by atoms with E-state index >= 15 is 0 Å². The van der Waals surface area contributed by atoms with Crippen LogP contribution < -0.4 is 4.90 Å². The number of ether oxygens (including phenoxy) is 1. The van der Waals surface area contributed by atoms with E-state index in [0.717, 1.165) is 24.9 Å². The molecule has 0 spiro atoms. The Morgan fingerprint density at radius 3 is 2.22 bits per heavy atom. The lowest BCUT2D eigenvalue weighted by molar-refractivity contribution is -0.140. The molecule has 1 amide bonds. The van der Waals surface area contributed by atoms with E-state index in [9.17, 15) is 9.59 Å². The Labute approximate surface area is 138 Å². The van der Waals surface area contributed by atoms with Crippen LogP contribution >= 0.6 is 0 Å². The minimum absolute atomic E-state index is 0.108. The molecule has 0 N–H and O–H groups in total. The zero-order chi connectivity index (χ0) is 17.0. The Morgan fingerprint density at radius 1 is 1.13 bits per heavy atom. The number of rotatable bonds is 4. The standard InChI is InChI=1S/C18H26N2O3/c1-13-6-5-7-14(2)20(13)17(21)12-23-18(22)15-8-10-16(11-9-15)19(3)4/h8-11,13-14H,5-7,12H2,1-4H3/t13-,14-/m0/s1. The fourth-order valence-corrected chi connectivity index (χ4v) is 3.09. The average molecular weight is 318 g/mol. The monoisotopic (exact) mass is 318 g/mol. The van der Waals surface area contributed by atoms with Crippen molar-refractivity contribution in [2.45, 2.75) is 45.2 Å². The van der Waals surface area contributed by atoms with Gasteiger partial charge in [-0.15, -0.1) is 0 Å². The molecule has 1 aliphatic rings. The Bertz CT molecular complexity index is 544. The van der Waals surface area contributed by atoms with Crippen molar-refractivity contribution in [3.63, 3.8) is 0 Å². The topological polar surface area (TPSA) is 49.9 Å². The second-order valence-electron chi connectivity index (χ2n) is 6.45. The summed E-state index contributed by atoms with van der Waals surface area (Å²) < 4.78 is 5.20. The summed E-state index contributed by atoms with van der Waals surface area (Å²) in [5, 5.41) is 0. The SMILES string of the molecule is C[C@H]1CCC[C@H](C)N1C(=O)COC(=O)c1ccc(N(C)C)cc1. The zero-order valence-corrected chi connectivity index (χ0v) is 14.4. The van der Waals surface area contributed by atoms with Crippen molar-refractivity contribution < 1.29 is 14.3 Å². The second kappa shape index (κ2) is 7.49. The van der Waals surface area contributed by atoms with Crippen LogP contribution in [-0.4, -0.2) is 49.6 Å². The number of piperidine rings is 1. The molecule has 1 aromatic rings. The molecule has 1 saturated heterocycles. The molecule has 0 aromatic heterocycles. The molecule has 0 aliphatic carbocycles. The first-order valence-corrected chi connectivity index (χ1v) is 8.16. The number of carbonyl (C=O) groups is 2. The van der Waals surface area contributed by atoms with Crippen LogP contribution in [-0.2, 0) is 9.53 Å². The van der Waals surface area contributed by atoms with Gasteiger partial charge in [0.2, 0.25) is 0 Å². The third kappa shape index (κ3) is 4.24. The summed E-state index contributed by atoms with van der Waals surface area (Å²) in [5.74, 6) is -0.566. The molecule has 23 heavy (non-hydrogen) atoms. The first-order valence-electron chi connectivity index (χ1n) is 8.16. The summed E-state index contributed by atoms with van der Waals surface area (Å²) in [6.07, 6.45) is 3.16. The summed E-state index contributed by atoms with van der Waals surface area (Å²) in [6, 6.07) is 7.57. The van der Waals surface area contributed by atoms with Gasteiger partial charge in [0.05, 0.1) is 5.56 Å². The van der Waals surface area contributed by atoms with Crippen molar-refractivity contribution in [1.29, 1.82) is 0 Å². The quantitative estimate of drug-likeness (QED) is 0.801. The molecule has 2 rings (SSSR count). The van der Waals surface area contributed by atoms with E-state index in [0.29, 0.717) is 5.56 Å². The Kier molecular flexibility index (Phi) is 5.64. The number of likely N-dealkylation sites (tertiary alicyclic amines) is 1. The second-order valence-corrected chi connectivity index (χ2v) is 6.45. The van der Waals surface area contributed by atoms with E-state index in [-0.39, 0.29) is 24.6 Å². The maximum atomic E-state index is 12.3. The summed E-state index contributed by atoms with van der Waals surface area (Å²) in [4.78, 5) is 28.2. The van der Waals surface area contributed by atoms with E-state index in [2.05, 4.69) is 13.8 Å². The van der Waals surface area contributed by atoms with Gasteiger partial charge in [-0.05, 0) is 57.4 Å². The van der Waals surface area contributed by atoms with Gasteiger partial charge in [-0.1, -0.05) is 0 Å². The van der Waals surface area contributed by atoms with E-state index in [1.165, 1.54) is 0 Å². The highest BCUT2D eigenvalue weighted by molar-refractivity contribution is 5.91. The van der Waals surface area contributed by atoms with Crippen LogP contribution in [0.25, 0.3) is 0 Å². The van der Waals surface area contributed by atoms with Crippen LogP contribution in [0.5, 0.6) is 0 Å². The lowest BCUT2D eigenvalue weighted by Crippen LogP contribution is -2.49. The first kappa shape index (κ1) is 17.3. The van der Waals surface area contributed by atoms with E-state index in [4.69, 9.17) is 4.74 Å². The van der Waals surface area contributed by atoms with Crippen molar-refractivity contribution in [2.24, 2.45) is 0 Å². The third-order valence-electron chi connectivity index (χ3n) is 4.43. The predicted molar refractivity (Wildman–Crippen MR) is 90.7 cm³/mol. The number of esters is 1. The van der Waals surface area contributed by atoms with E-state index in [1.807, 2.05) is 36.0 Å². The number of hydrogen-bond donors (Lipinski definition) is 0. The van der Waals surface area contributed by atoms with Crippen molar-refractivity contribution in [2.75, 3.05) is 25.6 Å². The number of nitrogens with zero attached hydrogens (tertiary/aromatic N) is 2. The number of anilines is 1. The van der Waals surface area contributed by atoms with Gasteiger partial charge in [0, 0.05) is 31.9 Å². The molecule has 5 nitrogen and oxygen atoms in total. The molecule has 5 heteroatoms. The first-order chi connectivity index (χ1) is 10.9. The zero-order valence-electron chi connectivity index (χ0n) is 14.4. The number of carbonyl (C=O) groups excluding carboxylic acids is 2. The van der Waals surface area contributed by atoms with Gasteiger partial charge in [0.25, 0.3) is 5.91 Å². The van der Waals surface area contributed by atoms with Gasteiger partial charge >= 0.3 is 5.97 Å². The van der Waals surface area contributed by atoms with Crippen LogP contribution in [0.1, 0.15) is 43.5 Å². The van der Waals surface area contributed by atoms with Crippen molar-refractivity contribution in [3.05, 3.63) is 29.8 Å². The maximum absolute atomic E-state index is 12.3. The van der Waals surface area contributed by atoms with Crippen LogP contribution in [0.4, 0.5) is 5.69 Å². The molecule has 126 valence electrons. The number of benzene rings is 1. The van der Waals surface area contributed by atoms with Gasteiger partial charge in [-0.25, -0.2) is 4.79 Å². The van der Waals surface area contributed by atoms with Gasteiger partial charge in [-0.3, -0.25) is 4.79 Å². The maximum Gasteiger partial charge on any atom is 0.338 e. The van der Waals surface area contributed by atoms with E-state index < -0.39 is 5.97 Å². The van der Waals surface area contributed by atoms with Gasteiger partial charge < -0.3 is 14.5 Å². The van der Waals surface area contributed by atoms with E-state index in [1.54, 1.807) is 12.1 Å². The molecule has 0 bridgehead atoms. The highest BCUT2D eigenvalue weighted by Crippen LogP contribution is 2.22. The van der Waals surface area contributed by atoms with Crippen LogP contribution in [0.3, 0.4) is 0 Å². The molecular weight excluding hydrogens is 292 g/mol. The summed E-state index contributed by atoms with van der Waals surface area (Å²) >= 11 is 0. The average Bonchev–Trinajstić information content (AvgIpc) is 2.52. The fraction of sp³-hybridized carbons (Fsp3) is 0.556. The summed E-state index contributed by atoms with van der Waals surface area (Å²) in [5.41, 5.74) is 1.47. The van der Waals surface area contributed by atoms with Crippen molar-refractivity contribution in [3.8, 4) is 0 Å². The van der Waals surface area contributed by atoms with Gasteiger partial charge in [0.15, 0.2) is 6.61 Å². The highest BCUT2D eigenvalue weighted by atomic mass is 16.5. The van der Waals surface area contributed by atoms with Gasteiger partial charge in [0.1, 0.15) is 0 Å². The highest BCUT2D eigenvalue weighted by Gasteiger charge is 2.29. The molecule has 1 aliphatic heterocycles. The number of amides is 1. The van der Waals surface area contributed by atoms with Crippen LogP contribution in [0.15, 0.2) is 24.3 Å². The molecular formula is C18H26N2O3. The summed E-state index contributed by atoms with van der Waals surface area (Å²) in [7, 11) is 3.87. The molecule has 1 heterocycles. The lowest BCUT2D eigenvalue weighted by Gasteiger charge is -2.38. The molecule has 0 unspecified atom stereocenters. The largest absolute Gasteiger partial charge is 0.452 e. The van der Waals surface area contributed by atoms with Gasteiger partial charge in [-0.2, -0.15) is 0 Å². The van der Waals surface area contributed by atoms with Crippen LogP contribution in [0.2, 0.25) is 0 Å².